The van der Waals surface area contributed by atoms with E-state index in [4.69, 9.17) is 32.7 Å². The number of hydrogen-bond donors (Lipinski definition) is 2. The summed E-state index contributed by atoms with van der Waals surface area (Å²) in [5.74, 6) is -0.391. The van der Waals surface area contributed by atoms with Crippen LogP contribution in [0.4, 0.5) is 0 Å². The van der Waals surface area contributed by atoms with Crippen LogP contribution >= 0.6 is 23.2 Å². The van der Waals surface area contributed by atoms with Crippen molar-refractivity contribution in [1.29, 1.82) is 0 Å². The van der Waals surface area contributed by atoms with Gasteiger partial charge in [-0.15, -0.1) is 11.6 Å². The monoisotopic (exact) mass is 487 g/mol. The van der Waals surface area contributed by atoms with E-state index in [1.54, 1.807) is 0 Å². The number of hydrogen-bond acceptors (Lipinski definition) is 5. The van der Waals surface area contributed by atoms with Crippen LogP contribution in [0.1, 0.15) is 59.3 Å². The number of alkyl halides is 1. The fourth-order valence-corrected chi connectivity index (χ4v) is 4.83. The fraction of sp³-hybridized carbons (Fsp3) is 0.667. The standard InChI is InChI=1S/C24H35Cl2NO5/c1-5-6-7-8-9-15(2)10-11-16(3)12-19(28)27-18-14-24(30)13-17(25)21(29)20(26)22(24)32-23(18)31-4/h10-13,15,18,20,22-23,30H,5-9,14H2,1-4H3,(H,27,28)/b11-10+,16-12+/t15-,18+,20-,22-,23+,24+/m1/s1. The van der Waals surface area contributed by atoms with Crippen molar-refractivity contribution in [3.05, 3.63) is 34.9 Å². The first-order valence-electron chi connectivity index (χ1n) is 11.3. The van der Waals surface area contributed by atoms with Gasteiger partial charge in [0.05, 0.1) is 11.1 Å². The molecule has 1 fully saturated rings. The Morgan fingerprint density at radius 1 is 1.44 bits per heavy atom. The number of rotatable bonds is 10. The number of allylic oxidation sites excluding steroid dienone is 4. The predicted molar refractivity (Wildman–Crippen MR) is 127 cm³/mol. The van der Waals surface area contributed by atoms with Gasteiger partial charge in [0.1, 0.15) is 17.1 Å². The largest absolute Gasteiger partial charge is 0.383 e. The zero-order valence-electron chi connectivity index (χ0n) is 19.3. The average molecular weight is 488 g/mol. The van der Waals surface area contributed by atoms with Crippen LogP contribution in [-0.2, 0) is 19.1 Å². The van der Waals surface area contributed by atoms with Crippen molar-refractivity contribution in [3.8, 4) is 0 Å². The molecule has 0 aromatic rings. The number of halogens is 2. The Morgan fingerprint density at radius 2 is 2.16 bits per heavy atom. The normalized spacial score (nSPS) is 31.9. The fourth-order valence-electron chi connectivity index (χ4n) is 4.07. The lowest BCUT2D eigenvalue weighted by Gasteiger charge is -2.47. The van der Waals surface area contributed by atoms with E-state index >= 15 is 0 Å². The molecule has 0 radical (unpaired) electrons. The molecule has 8 heteroatoms. The molecule has 180 valence electrons. The van der Waals surface area contributed by atoms with Crippen molar-refractivity contribution in [2.24, 2.45) is 5.92 Å². The molecule has 0 saturated carbocycles. The van der Waals surface area contributed by atoms with Crippen LogP contribution in [0.2, 0.25) is 0 Å². The summed E-state index contributed by atoms with van der Waals surface area (Å²) in [5.41, 5.74) is -0.770. The first-order chi connectivity index (χ1) is 15.1. The molecule has 1 aliphatic carbocycles. The molecule has 6 nitrogen and oxygen atoms in total. The van der Waals surface area contributed by atoms with Gasteiger partial charge in [-0.3, -0.25) is 9.59 Å². The van der Waals surface area contributed by atoms with Crippen LogP contribution in [0, 0.1) is 5.92 Å². The topological polar surface area (TPSA) is 84.9 Å². The number of ether oxygens (including phenoxy) is 2. The second-order valence-electron chi connectivity index (χ2n) is 8.80. The highest BCUT2D eigenvalue weighted by Crippen LogP contribution is 2.40. The van der Waals surface area contributed by atoms with Crippen LogP contribution in [0.25, 0.3) is 0 Å². The Bertz CT molecular complexity index is 765. The van der Waals surface area contributed by atoms with Gasteiger partial charge in [0.2, 0.25) is 5.91 Å². The van der Waals surface area contributed by atoms with Gasteiger partial charge in [0, 0.05) is 19.6 Å². The summed E-state index contributed by atoms with van der Waals surface area (Å²) in [5, 5.41) is 12.6. The SMILES string of the molecule is CCCCCC[C@@H](C)/C=C/C(C)=C/C(=O)N[C@H]1C[C@@]2(O)C=C(Cl)C(=O)[C@@H](Cl)[C@H]2O[C@@H]1OC. The first kappa shape index (κ1) is 27.1. The van der Waals surface area contributed by atoms with Gasteiger partial charge in [0.25, 0.3) is 0 Å². The number of ketones is 1. The number of carbonyl (C=O) groups excluding carboxylic acids is 2. The molecular formula is C24H35Cl2NO5. The molecule has 32 heavy (non-hydrogen) atoms. The minimum absolute atomic E-state index is 0.0478. The second-order valence-corrected chi connectivity index (χ2v) is 9.68. The van der Waals surface area contributed by atoms with Crippen molar-refractivity contribution in [2.75, 3.05) is 7.11 Å². The molecule has 0 aromatic carbocycles. The number of Topliss-reactive ketones (excluding diaryl/α,β-unsaturated/α-hetero) is 1. The molecule has 2 rings (SSSR count). The summed E-state index contributed by atoms with van der Waals surface area (Å²) in [7, 11) is 1.43. The third-order valence-electron chi connectivity index (χ3n) is 5.90. The van der Waals surface area contributed by atoms with Gasteiger partial charge < -0.3 is 19.9 Å². The Hall–Kier alpha value is -1.18. The Labute approximate surface area is 201 Å². The highest BCUT2D eigenvalue weighted by Gasteiger charge is 2.54. The molecule has 6 atom stereocenters. The predicted octanol–water partition coefficient (Wildman–Crippen LogP) is 4.39. The number of aliphatic hydroxyl groups is 1. The van der Waals surface area contributed by atoms with Crippen LogP contribution in [0.15, 0.2) is 34.9 Å². The maximum Gasteiger partial charge on any atom is 0.244 e. The molecule has 0 spiro atoms. The average Bonchev–Trinajstić information content (AvgIpc) is 2.73. The van der Waals surface area contributed by atoms with Crippen molar-refractivity contribution in [3.63, 3.8) is 0 Å². The van der Waals surface area contributed by atoms with Gasteiger partial charge in [0.15, 0.2) is 12.1 Å². The van der Waals surface area contributed by atoms with Crippen LogP contribution in [0.5, 0.6) is 0 Å². The number of unbranched alkanes of at least 4 members (excludes halogenated alkanes) is 3. The van der Waals surface area contributed by atoms with Crippen molar-refractivity contribution >= 4 is 34.9 Å². The molecule has 2 aliphatic rings. The molecule has 1 saturated heterocycles. The van der Waals surface area contributed by atoms with E-state index < -0.39 is 35.2 Å². The lowest BCUT2D eigenvalue weighted by molar-refractivity contribution is -0.244. The number of methoxy groups -OCH3 is 1. The first-order valence-corrected chi connectivity index (χ1v) is 12.1. The molecule has 0 bridgehead atoms. The van der Waals surface area contributed by atoms with Crippen molar-refractivity contribution in [2.45, 2.75) is 88.7 Å². The van der Waals surface area contributed by atoms with Gasteiger partial charge in [-0.1, -0.05) is 63.3 Å². The highest BCUT2D eigenvalue weighted by atomic mass is 35.5. The van der Waals surface area contributed by atoms with E-state index in [9.17, 15) is 14.7 Å². The van der Waals surface area contributed by atoms with Crippen LogP contribution in [-0.4, -0.2) is 53.3 Å². The van der Waals surface area contributed by atoms with Crippen molar-refractivity contribution < 1.29 is 24.2 Å². The molecule has 0 unspecified atom stereocenters. The summed E-state index contributed by atoms with van der Waals surface area (Å²) >= 11 is 12.1. The summed E-state index contributed by atoms with van der Waals surface area (Å²) in [6, 6.07) is -0.656. The van der Waals surface area contributed by atoms with Gasteiger partial charge in [-0.25, -0.2) is 0 Å². The molecule has 2 N–H and O–H groups in total. The number of nitrogens with one attached hydrogen (secondary N) is 1. The highest BCUT2D eigenvalue weighted by molar-refractivity contribution is 6.49. The summed E-state index contributed by atoms with van der Waals surface area (Å²) in [6.07, 6.45) is 11.1. The second kappa shape index (κ2) is 12.3. The smallest absolute Gasteiger partial charge is 0.244 e. The number of amides is 1. The van der Waals surface area contributed by atoms with E-state index in [1.165, 1.54) is 44.9 Å². The molecule has 1 amide bonds. The number of carbonyl (C=O) groups is 2. The van der Waals surface area contributed by atoms with E-state index in [0.29, 0.717) is 5.92 Å². The summed E-state index contributed by atoms with van der Waals surface area (Å²) in [4.78, 5) is 24.6. The minimum atomic E-state index is -1.59. The lowest BCUT2D eigenvalue weighted by Crippen LogP contribution is -2.64. The van der Waals surface area contributed by atoms with Gasteiger partial charge >= 0.3 is 0 Å². The van der Waals surface area contributed by atoms with E-state index in [2.05, 4.69) is 25.2 Å². The molecular weight excluding hydrogens is 453 g/mol. The Balaban J connectivity index is 1.99. The quantitative estimate of drug-likeness (QED) is 0.206. The van der Waals surface area contributed by atoms with E-state index in [-0.39, 0.29) is 17.4 Å². The van der Waals surface area contributed by atoms with Crippen LogP contribution < -0.4 is 5.32 Å². The van der Waals surface area contributed by atoms with E-state index in [0.717, 1.165) is 12.0 Å². The zero-order chi connectivity index (χ0) is 23.9. The Kier molecular flexibility index (Phi) is 10.4. The van der Waals surface area contributed by atoms with E-state index in [1.807, 2.05) is 13.0 Å². The minimum Gasteiger partial charge on any atom is -0.383 e. The zero-order valence-corrected chi connectivity index (χ0v) is 20.8. The molecule has 1 aliphatic heterocycles. The summed E-state index contributed by atoms with van der Waals surface area (Å²) < 4.78 is 11.1. The Morgan fingerprint density at radius 3 is 2.81 bits per heavy atom. The van der Waals surface area contributed by atoms with Crippen molar-refractivity contribution in [1.82, 2.24) is 5.32 Å². The maximum absolute atomic E-state index is 12.6. The lowest BCUT2D eigenvalue weighted by atomic mass is 9.79. The van der Waals surface area contributed by atoms with Crippen LogP contribution in [0.3, 0.4) is 0 Å². The third kappa shape index (κ3) is 7.16. The van der Waals surface area contributed by atoms with Gasteiger partial charge in [-0.05, 0) is 30.9 Å². The molecule has 1 heterocycles. The third-order valence-corrected chi connectivity index (χ3v) is 6.62. The van der Waals surface area contributed by atoms with Gasteiger partial charge in [-0.2, -0.15) is 0 Å². The maximum atomic E-state index is 12.6. The summed E-state index contributed by atoms with van der Waals surface area (Å²) in [6.45, 7) is 6.24. The molecule has 0 aromatic heterocycles. The number of fused-ring (bicyclic) bond motifs is 1.